The number of ether oxygens (including phenoxy) is 1. The molecule has 0 saturated heterocycles. The Hall–Kier alpha value is -3.34. The van der Waals surface area contributed by atoms with E-state index in [0.29, 0.717) is 6.54 Å². The van der Waals surface area contributed by atoms with Gasteiger partial charge in [0.2, 0.25) is 0 Å². The minimum atomic E-state index is -0.174. The molecule has 0 atom stereocenters. The van der Waals surface area contributed by atoms with Gasteiger partial charge in [0.25, 0.3) is 0 Å². The molecule has 0 aliphatic heterocycles. The second-order valence-corrected chi connectivity index (χ2v) is 7.10. The molecule has 1 aromatic heterocycles. The molecule has 3 aromatic rings. The summed E-state index contributed by atoms with van der Waals surface area (Å²) in [7, 11) is 0. The third-order valence-electron chi connectivity index (χ3n) is 4.77. The Bertz CT molecular complexity index is 885. The topological polar surface area (TPSA) is 63.2 Å². The fourth-order valence-electron chi connectivity index (χ4n) is 3.20. The van der Waals surface area contributed by atoms with Gasteiger partial charge in [-0.3, -0.25) is 4.98 Å². The zero-order chi connectivity index (χ0) is 20.9. The number of urea groups is 1. The lowest BCUT2D eigenvalue weighted by molar-refractivity contribution is 0.252. The molecular weight excluding hydrogens is 374 g/mol. The van der Waals surface area contributed by atoms with E-state index in [4.69, 9.17) is 4.74 Å². The summed E-state index contributed by atoms with van der Waals surface area (Å²) in [6, 6.07) is 21.9. The van der Waals surface area contributed by atoms with Crippen molar-refractivity contribution in [2.75, 3.05) is 18.5 Å². The summed E-state index contributed by atoms with van der Waals surface area (Å²) in [6.07, 6.45) is 8.66. The standard InChI is InChI=1S/C25H29N3O2/c29-25(28-22-15-18-26-19-16-22)27-17-9-2-1-3-10-20-30-24-14-8-7-13-23(24)21-11-5-4-6-12-21/h4-8,11-16,18-19H,1-3,9-10,17,20H2,(H2,26,27,28,29). The molecule has 0 radical (unpaired) electrons. The highest BCUT2D eigenvalue weighted by Gasteiger charge is 2.05. The molecule has 0 aliphatic rings. The summed E-state index contributed by atoms with van der Waals surface area (Å²) in [5.74, 6) is 0.938. The maximum atomic E-state index is 11.8. The first-order valence-electron chi connectivity index (χ1n) is 10.5. The lowest BCUT2D eigenvalue weighted by Gasteiger charge is -2.11. The second kappa shape index (κ2) is 12.3. The van der Waals surface area contributed by atoms with Gasteiger partial charge in [-0.15, -0.1) is 0 Å². The second-order valence-electron chi connectivity index (χ2n) is 7.10. The third-order valence-corrected chi connectivity index (χ3v) is 4.77. The number of hydrogen-bond donors (Lipinski definition) is 2. The number of anilines is 1. The zero-order valence-corrected chi connectivity index (χ0v) is 17.2. The summed E-state index contributed by atoms with van der Waals surface area (Å²) in [4.78, 5) is 15.7. The van der Waals surface area contributed by atoms with Crippen molar-refractivity contribution >= 4 is 11.7 Å². The number of nitrogens with one attached hydrogen (secondary N) is 2. The number of para-hydroxylation sites is 1. The van der Waals surface area contributed by atoms with E-state index in [9.17, 15) is 4.79 Å². The van der Waals surface area contributed by atoms with Crippen molar-refractivity contribution in [2.24, 2.45) is 0 Å². The van der Waals surface area contributed by atoms with Gasteiger partial charge in [-0.25, -0.2) is 4.79 Å². The molecule has 0 unspecified atom stereocenters. The van der Waals surface area contributed by atoms with Crippen LogP contribution < -0.4 is 15.4 Å². The molecule has 0 aliphatic carbocycles. The van der Waals surface area contributed by atoms with Gasteiger partial charge in [0.15, 0.2) is 0 Å². The Morgan fingerprint density at radius 3 is 2.33 bits per heavy atom. The average Bonchev–Trinajstić information content (AvgIpc) is 2.79. The van der Waals surface area contributed by atoms with Crippen LogP contribution in [0.15, 0.2) is 79.1 Å². The normalized spacial score (nSPS) is 10.4. The van der Waals surface area contributed by atoms with E-state index < -0.39 is 0 Å². The van der Waals surface area contributed by atoms with Gasteiger partial charge in [0, 0.05) is 30.2 Å². The van der Waals surface area contributed by atoms with Crippen LogP contribution in [-0.4, -0.2) is 24.2 Å². The minimum absolute atomic E-state index is 0.174. The number of unbranched alkanes of at least 4 members (excludes halogenated alkanes) is 4. The van der Waals surface area contributed by atoms with Gasteiger partial charge in [-0.1, -0.05) is 67.8 Å². The summed E-state index contributed by atoms with van der Waals surface area (Å²) in [5.41, 5.74) is 3.05. The number of aromatic nitrogens is 1. The number of hydrogen-bond acceptors (Lipinski definition) is 3. The number of benzene rings is 2. The smallest absolute Gasteiger partial charge is 0.319 e. The number of carbonyl (C=O) groups excluding carboxylic acids is 1. The van der Waals surface area contributed by atoms with E-state index >= 15 is 0 Å². The van der Waals surface area contributed by atoms with Gasteiger partial charge >= 0.3 is 6.03 Å². The summed E-state index contributed by atoms with van der Waals surface area (Å²) in [6.45, 7) is 1.40. The molecule has 0 spiro atoms. The van der Waals surface area contributed by atoms with Gasteiger partial charge < -0.3 is 15.4 Å². The first-order chi connectivity index (χ1) is 14.8. The van der Waals surface area contributed by atoms with Crippen molar-refractivity contribution in [1.82, 2.24) is 10.3 Å². The lowest BCUT2D eigenvalue weighted by atomic mass is 10.1. The van der Waals surface area contributed by atoms with Crippen LogP contribution in [-0.2, 0) is 0 Å². The Morgan fingerprint density at radius 1 is 0.800 bits per heavy atom. The van der Waals surface area contributed by atoms with E-state index in [1.807, 2.05) is 36.4 Å². The molecule has 2 aromatic carbocycles. The quantitative estimate of drug-likeness (QED) is 0.392. The summed E-state index contributed by atoms with van der Waals surface area (Å²) >= 11 is 0. The number of pyridine rings is 1. The Balaban J connectivity index is 1.25. The molecule has 0 fully saturated rings. The van der Waals surface area contributed by atoms with E-state index in [0.717, 1.165) is 55.7 Å². The number of rotatable bonds is 11. The molecule has 156 valence electrons. The van der Waals surface area contributed by atoms with E-state index in [-0.39, 0.29) is 6.03 Å². The highest BCUT2D eigenvalue weighted by atomic mass is 16.5. The van der Waals surface area contributed by atoms with Crippen LogP contribution in [0, 0.1) is 0 Å². The van der Waals surface area contributed by atoms with Crippen molar-refractivity contribution in [3.8, 4) is 16.9 Å². The molecule has 3 rings (SSSR count). The monoisotopic (exact) mass is 403 g/mol. The Morgan fingerprint density at radius 2 is 1.50 bits per heavy atom. The molecule has 0 bridgehead atoms. The van der Waals surface area contributed by atoms with E-state index in [2.05, 4.69) is 33.8 Å². The molecule has 2 N–H and O–H groups in total. The van der Waals surface area contributed by atoms with Crippen molar-refractivity contribution in [3.63, 3.8) is 0 Å². The van der Waals surface area contributed by atoms with Crippen molar-refractivity contribution in [3.05, 3.63) is 79.1 Å². The van der Waals surface area contributed by atoms with Crippen molar-refractivity contribution < 1.29 is 9.53 Å². The largest absolute Gasteiger partial charge is 0.493 e. The highest BCUT2D eigenvalue weighted by molar-refractivity contribution is 5.89. The van der Waals surface area contributed by atoms with Gasteiger partial charge in [-0.2, -0.15) is 0 Å². The van der Waals surface area contributed by atoms with Crippen LogP contribution in [0.2, 0.25) is 0 Å². The Labute approximate surface area is 178 Å². The summed E-state index contributed by atoms with van der Waals surface area (Å²) in [5, 5.41) is 5.67. The number of nitrogens with zero attached hydrogens (tertiary/aromatic N) is 1. The molecule has 1 heterocycles. The first kappa shape index (κ1) is 21.4. The predicted molar refractivity (Wildman–Crippen MR) is 122 cm³/mol. The van der Waals surface area contributed by atoms with Gasteiger partial charge in [-0.05, 0) is 36.6 Å². The van der Waals surface area contributed by atoms with Crippen LogP contribution in [0.4, 0.5) is 10.5 Å². The van der Waals surface area contributed by atoms with Crippen LogP contribution in [0.3, 0.4) is 0 Å². The highest BCUT2D eigenvalue weighted by Crippen LogP contribution is 2.29. The zero-order valence-electron chi connectivity index (χ0n) is 17.2. The predicted octanol–water partition coefficient (Wildman–Crippen LogP) is 5.90. The summed E-state index contributed by atoms with van der Waals surface area (Å²) < 4.78 is 6.04. The van der Waals surface area contributed by atoms with Crippen LogP contribution >= 0.6 is 0 Å². The maximum Gasteiger partial charge on any atom is 0.319 e. The van der Waals surface area contributed by atoms with E-state index in [1.54, 1.807) is 24.5 Å². The fraction of sp³-hybridized carbons (Fsp3) is 0.280. The first-order valence-corrected chi connectivity index (χ1v) is 10.5. The van der Waals surface area contributed by atoms with E-state index in [1.165, 1.54) is 5.56 Å². The van der Waals surface area contributed by atoms with Gasteiger partial charge in [0.1, 0.15) is 5.75 Å². The molecule has 2 amide bonds. The van der Waals surface area contributed by atoms with Crippen LogP contribution in [0.25, 0.3) is 11.1 Å². The lowest BCUT2D eigenvalue weighted by Crippen LogP contribution is -2.29. The molecule has 5 nitrogen and oxygen atoms in total. The van der Waals surface area contributed by atoms with Crippen molar-refractivity contribution in [2.45, 2.75) is 32.1 Å². The van der Waals surface area contributed by atoms with Crippen molar-refractivity contribution in [1.29, 1.82) is 0 Å². The third kappa shape index (κ3) is 7.24. The number of amides is 2. The van der Waals surface area contributed by atoms with Crippen LogP contribution in [0.1, 0.15) is 32.1 Å². The molecule has 30 heavy (non-hydrogen) atoms. The van der Waals surface area contributed by atoms with Crippen LogP contribution in [0.5, 0.6) is 5.75 Å². The SMILES string of the molecule is O=C(NCCCCCCCOc1ccccc1-c1ccccc1)Nc1ccncc1. The molecule has 0 saturated carbocycles. The minimum Gasteiger partial charge on any atom is -0.493 e. The number of carbonyl (C=O) groups is 1. The fourth-order valence-corrected chi connectivity index (χ4v) is 3.20. The molecular formula is C25H29N3O2. The maximum absolute atomic E-state index is 11.8. The Kier molecular flexibility index (Phi) is 8.74. The van der Waals surface area contributed by atoms with Gasteiger partial charge in [0.05, 0.1) is 6.61 Å². The average molecular weight is 404 g/mol. The molecule has 5 heteroatoms.